The number of carbonyl (C=O) groups excluding carboxylic acids is 2. The molecule has 0 unspecified atom stereocenters. The van der Waals surface area contributed by atoms with E-state index in [1.807, 2.05) is 0 Å². The fourth-order valence-electron chi connectivity index (χ4n) is 4.10. The lowest BCUT2D eigenvalue weighted by atomic mass is 10.0. The van der Waals surface area contributed by atoms with E-state index in [-0.39, 0.29) is 59.9 Å². The maximum Gasteiger partial charge on any atom is 0.274 e. The molecule has 31 heavy (non-hydrogen) atoms. The van der Waals surface area contributed by atoms with Crippen LogP contribution in [0.15, 0.2) is 29.2 Å². The number of aliphatic hydroxyl groups excluding tert-OH is 1. The Labute approximate surface area is 187 Å². The number of aliphatic hydroxyl groups is 1. The molecule has 2 aliphatic rings. The topological polar surface area (TPSA) is 112 Å². The molecule has 1 aromatic carbocycles. The highest BCUT2D eigenvalue weighted by molar-refractivity contribution is 6.30. The van der Waals surface area contributed by atoms with E-state index in [0.717, 1.165) is 0 Å². The molecule has 11 heteroatoms. The molecule has 0 saturated heterocycles. The molecule has 4 rings (SSSR count). The summed E-state index contributed by atoms with van der Waals surface area (Å²) in [4.78, 5) is 39.2. The van der Waals surface area contributed by atoms with Gasteiger partial charge in [-0.3, -0.25) is 14.4 Å². The Morgan fingerprint density at radius 1 is 1.39 bits per heavy atom. The molecule has 0 radical (unpaired) electrons. The molecule has 2 amide bonds. The predicted octanol–water partition coefficient (Wildman–Crippen LogP) is 1.49. The van der Waals surface area contributed by atoms with Gasteiger partial charge < -0.3 is 25.0 Å². The summed E-state index contributed by atoms with van der Waals surface area (Å²) in [5.41, 5.74) is -2.13. The monoisotopic (exact) mass is 471 g/mol. The van der Waals surface area contributed by atoms with Gasteiger partial charge in [0.05, 0.1) is 10.6 Å². The van der Waals surface area contributed by atoms with Gasteiger partial charge in [-0.15, -0.1) is 12.4 Å². The van der Waals surface area contributed by atoms with Gasteiger partial charge in [0.1, 0.15) is 11.4 Å². The largest absolute Gasteiger partial charge is 0.503 e. The van der Waals surface area contributed by atoms with Crippen LogP contribution in [0.5, 0.6) is 5.75 Å². The maximum atomic E-state index is 14.0. The average molecular weight is 472 g/mol. The van der Waals surface area contributed by atoms with Crippen molar-refractivity contribution in [3.8, 4) is 5.75 Å². The number of rotatable bonds is 4. The van der Waals surface area contributed by atoms with E-state index in [0.29, 0.717) is 6.42 Å². The van der Waals surface area contributed by atoms with Gasteiger partial charge in [-0.1, -0.05) is 23.7 Å². The van der Waals surface area contributed by atoms with Crippen LogP contribution in [-0.4, -0.2) is 51.7 Å². The molecule has 1 spiro atoms. The first-order valence-corrected chi connectivity index (χ1v) is 9.65. The lowest BCUT2D eigenvalue weighted by Crippen LogP contribution is -2.48. The Bertz CT molecular complexity index is 1140. The van der Waals surface area contributed by atoms with E-state index < -0.39 is 34.3 Å². The summed E-state index contributed by atoms with van der Waals surface area (Å²) in [6.45, 7) is -0.0790. The normalized spacial score (nSPS) is 21.5. The van der Waals surface area contributed by atoms with Crippen molar-refractivity contribution < 1.29 is 24.2 Å². The summed E-state index contributed by atoms with van der Waals surface area (Å²) in [5, 5.41) is 22.4. The van der Waals surface area contributed by atoms with Crippen LogP contribution in [0, 0.1) is 11.7 Å². The first-order chi connectivity index (χ1) is 14.2. The molecule has 3 N–H and O–H groups in total. The van der Waals surface area contributed by atoms with Crippen molar-refractivity contribution in [1.82, 2.24) is 14.8 Å². The van der Waals surface area contributed by atoms with Crippen LogP contribution in [0.2, 0.25) is 5.02 Å². The van der Waals surface area contributed by atoms with Crippen LogP contribution in [-0.2, 0) is 12.1 Å². The van der Waals surface area contributed by atoms with E-state index in [1.54, 1.807) is 7.05 Å². The molecule has 1 fully saturated rings. The number of amides is 2. The lowest BCUT2D eigenvalue weighted by molar-refractivity contribution is 0.0672. The van der Waals surface area contributed by atoms with Crippen LogP contribution >= 0.6 is 24.0 Å². The number of nitrogens with one attached hydrogen (secondary N) is 1. The van der Waals surface area contributed by atoms with Gasteiger partial charge in [-0.25, -0.2) is 4.39 Å². The number of aromatic nitrogens is 1. The maximum absolute atomic E-state index is 14.0. The summed E-state index contributed by atoms with van der Waals surface area (Å²) >= 11 is 5.73. The van der Waals surface area contributed by atoms with E-state index in [4.69, 9.17) is 11.6 Å². The lowest BCUT2D eigenvalue weighted by Gasteiger charge is -2.35. The molecule has 2 heterocycles. The van der Waals surface area contributed by atoms with Crippen LogP contribution in [0.3, 0.4) is 0 Å². The Morgan fingerprint density at radius 3 is 2.74 bits per heavy atom. The molecular formula is C20H20Cl2FN3O5. The van der Waals surface area contributed by atoms with Gasteiger partial charge in [0.25, 0.3) is 11.8 Å². The number of benzene rings is 1. The number of halogens is 3. The second kappa shape index (κ2) is 8.14. The summed E-state index contributed by atoms with van der Waals surface area (Å²) in [6, 6.07) is 4.34. The molecule has 166 valence electrons. The quantitative estimate of drug-likeness (QED) is 0.625. The highest BCUT2D eigenvalue weighted by Gasteiger charge is 2.59. The summed E-state index contributed by atoms with van der Waals surface area (Å²) in [5.74, 6) is -3.05. The third kappa shape index (κ3) is 3.56. The first-order valence-electron chi connectivity index (χ1n) is 9.27. The zero-order chi connectivity index (χ0) is 21.8. The second-order valence-corrected chi connectivity index (χ2v) is 8.09. The van der Waals surface area contributed by atoms with Crippen molar-refractivity contribution in [2.75, 3.05) is 20.2 Å². The van der Waals surface area contributed by atoms with Gasteiger partial charge in [-0.2, -0.15) is 0 Å². The highest BCUT2D eigenvalue weighted by Crippen LogP contribution is 2.53. The van der Waals surface area contributed by atoms with Crippen LogP contribution in [0.1, 0.15) is 32.8 Å². The summed E-state index contributed by atoms with van der Waals surface area (Å²) < 4.78 is 15.5. The second-order valence-electron chi connectivity index (χ2n) is 7.68. The Morgan fingerprint density at radius 2 is 2.10 bits per heavy atom. The standard InChI is InChI=1S/C20H19ClFN3O5.ClH/c1-24-9-20(5-11(20)8-26)25-7-12(16(27)17(28)15(25)19(24)30)18(29)23-6-10-3-2-4-13(21)14(10)22;/h2-4,7,11,26,28H,5-6,8-9H2,1H3,(H,23,29);1H/t11-,20-;/m0./s1. The number of hydrogen-bond acceptors (Lipinski definition) is 5. The minimum atomic E-state index is -0.995. The number of pyridine rings is 1. The number of nitrogens with zero attached hydrogens (tertiary/aromatic N) is 2. The molecular weight excluding hydrogens is 452 g/mol. The Kier molecular flexibility index (Phi) is 6.05. The van der Waals surface area contributed by atoms with E-state index in [9.17, 15) is 29.0 Å². The van der Waals surface area contributed by atoms with Crippen molar-refractivity contribution >= 4 is 35.8 Å². The fraction of sp³-hybridized carbons (Fsp3) is 0.350. The number of carbonyl (C=O) groups is 2. The SMILES string of the molecule is CN1C[C@]2(C[C@H]2CO)n2cc(C(=O)NCc3cccc(Cl)c3F)c(=O)c(O)c2C1=O.Cl. The average Bonchev–Trinajstić information content (AvgIpc) is 3.42. The number of aromatic hydroxyl groups is 1. The van der Waals surface area contributed by atoms with Crippen molar-refractivity contribution in [2.24, 2.45) is 5.92 Å². The van der Waals surface area contributed by atoms with Gasteiger partial charge in [0.2, 0.25) is 5.43 Å². The van der Waals surface area contributed by atoms with Gasteiger partial charge in [0.15, 0.2) is 11.4 Å². The van der Waals surface area contributed by atoms with Crippen molar-refractivity contribution in [3.63, 3.8) is 0 Å². The molecule has 2 aromatic rings. The molecule has 2 atom stereocenters. The smallest absolute Gasteiger partial charge is 0.274 e. The van der Waals surface area contributed by atoms with Crippen molar-refractivity contribution in [1.29, 1.82) is 0 Å². The highest BCUT2D eigenvalue weighted by atomic mass is 35.5. The minimum absolute atomic E-state index is 0. The zero-order valence-electron chi connectivity index (χ0n) is 16.4. The molecule has 1 aliphatic carbocycles. The van der Waals surface area contributed by atoms with Crippen LogP contribution < -0.4 is 10.7 Å². The van der Waals surface area contributed by atoms with Gasteiger partial charge >= 0.3 is 0 Å². The minimum Gasteiger partial charge on any atom is -0.503 e. The molecule has 0 bridgehead atoms. The van der Waals surface area contributed by atoms with Crippen LogP contribution in [0.25, 0.3) is 0 Å². The predicted molar refractivity (Wildman–Crippen MR) is 112 cm³/mol. The number of hydrogen-bond donors (Lipinski definition) is 3. The third-order valence-corrected chi connectivity index (χ3v) is 6.15. The Hall–Kier alpha value is -2.62. The molecule has 1 aliphatic heterocycles. The van der Waals surface area contributed by atoms with Crippen LogP contribution in [0.4, 0.5) is 4.39 Å². The van der Waals surface area contributed by atoms with Crippen molar-refractivity contribution in [2.45, 2.75) is 18.5 Å². The summed E-state index contributed by atoms with van der Waals surface area (Å²) in [7, 11) is 1.55. The van der Waals surface area contributed by atoms with E-state index in [1.165, 1.54) is 33.9 Å². The molecule has 1 aromatic heterocycles. The zero-order valence-corrected chi connectivity index (χ0v) is 18.0. The summed E-state index contributed by atoms with van der Waals surface area (Å²) in [6.07, 6.45) is 1.77. The van der Waals surface area contributed by atoms with E-state index >= 15 is 0 Å². The first kappa shape index (κ1) is 23.1. The Balaban J connectivity index is 0.00000272. The molecule has 8 nitrogen and oxygen atoms in total. The fourth-order valence-corrected chi connectivity index (χ4v) is 4.30. The van der Waals surface area contributed by atoms with Gasteiger partial charge in [-0.05, 0) is 12.5 Å². The molecule has 1 saturated carbocycles. The van der Waals surface area contributed by atoms with Gasteiger partial charge in [0, 0.05) is 44.4 Å². The number of likely N-dealkylation sites (N-methyl/N-ethyl adjacent to an activating group) is 1. The number of fused-ring (bicyclic) bond motifs is 2. The third-order valence-electron chi connectivity index (χ3n) is 5.86. The van der Waals surface area contributed by atoms with E-state index in [2.05, 4.69) is 5.32 Å². The van der Waals surface area contributed by atoms with Crippen molar-refractivity contribution in [3.05, 3.63) is 62.3 Å².